The number of aryl methyl sites for hydroxylation is 1. The Kier molecular flexibility index (Phi) is 5.90. The van der Waals surface area contributed by atoms with Gasteiger partial charge in [0.1, 0.15) is 5.75 Å². The van der Waals surface area contributed by atoms with Gasteiger partial charge in [-0.25, -0.2) is 0 Å². The van der Waals surface area contributed by atoms with Crippen molar-refractivity contribution in [3.05, 3.63) is 29.3 Å². The zero-order valence-corrected chi connectivity index (χ0v) is 13.2. The highest BCUT2D eigenvalue weighted by molar-refractivity contribution is 5.40. The second-order valence-corrected chi connectivity index (χ2v) is 6.07. The third-order valence-corrected chi connectivity index (χ3v) is 4.41. The number of rotatable bonds is 8. The van der Waals surface area contributed by atoms with Crippen LogP contribution in [0.25, 0.3) is 0 Å². The summed E-state index contributed by atoms with van der Waals surface area (Å²) in [5.41, 5.74) is 2.94. The topological polar surface area (TPSA) is 21.3 Å². The van der Waals surface area contributed by atoms with Crippen LogP contribution in [0.2, 0.25) is 0 Å². The zero-order chi connectivity index (χ0) is 14.4. The van der Waals surface area contributed by atoms with Crippen LogP contribution in [0.4, 0.5) is 0 Å². The number of benzene rings is 1. The minimum absolute atomic E-state index is 0.515. The highest BCUT2D eigenvalue weighted by Crippen LogP contribution is 2.34. The van der Waals surface area contributed by atoms with Gasteiger partial charge in [0.05, 0.1) is 7.11 Å². The summed E-state index contributed by atoms with van der Waals surface area (Å²) in [5, 5.41) is 3.81. The Morgan fingerprint density at radius 3 is 2.90 bits per heavy atom. The van der Waals surface area contributed by atoms with E-state index in [1.807, 2.05) is 0 Å². The predicted octanol–water partition coefficient (Wildman–Crippen LogP) is 4.63. The van der Waals surface area contributed by atoms with E-state index in [1.54, 1.807) is 7.11 Å². The van der Waals surface area contributed by atoms with Crippen LogP contribution in [0.1, 0.15) is 69.5 Å². The molecule has 0 saturated carbocycles. The molecule has 0 bridgehead atoms. The van der Waals surface area contributed by atoms with Gasteiger partial charge in [0.15, 0.2) is 0 Å². The van der Waals surface area contributed by atoms with E-state index in [4.69, 9.17) is 4.74 Å². The summed E-state index contributed by atoms with van der Waals surface area (Å²) in [6, 6.07) is 7.64. The van der Waals surface area contributed by atoms with Crippen molar-refractivity contribution in [3.63, 3.8) is 0 Å². The fourth-order valence-electron chi connectivity index (χ4n) is 3.18. The smallest absolute Gasteiger partial charge is 0.119 e. The summed E-state index contributed by atoms with van der Waals surface area (Å²) in [6.07, 6.45) is 9.11. The summed E-state index contributed by atoms with van der Waals surface area (Å²) in [5.74, 6) is 0.980. The molecule has 0 aliphatic heterocycles. The highest BCUT2D eigenvalue weighted by Gasteiger charge is 2.23. The second kappa shape index (κ2) is 7.68. The summed E-state index contributed by atoms with van der Waals surface area (Å²) in [4.78, 5) is 0. The van der Waals surface area contributed by atoms with E-state index in [9.17, 15) is 0 Å². The monoisotopic (exact) mass is 275 g/mol. The van der Waals surface area contributed by atoms with Gasteiger partial charge in [-0.3, -0.25) is 0 Å². The van der Waals surface area contributed by atoms with Crippen molar-refractivity contribution >= 4 is 0 Å². The molecule has 0 spiro atoms. The third-order valence-electron chi connectivity index (χ3n) is 4.41. The average Bonchev–Trinajstić information content (AvgIpc) is 2.86. The number of hydrogen-bond acceptors (Lipinski definition) is 2. The molecule has 2 nitrogen and oxygen atoms in total. The number of hydrogen-bond donors (Lipinski definition) is 1. The SMILES string of the molecule is CCCCCCC(C)NC1CCc2ccc(OC)cc21. The van der Waals surface area contributed by atoms with E-state index in [0.29, 0.717) is 12.1 Å². The van der Waals surface area contributed by atoms with E-state index in [2.05, 4.69) is 37.4 Å². The molecule has 1 aliphatic rings. The number of ether oxygens (including phenoxy) is 1. The molecule has 0 heterocycles. The van der Waals surface area contributed by atoms with E-state index < -0.39 is 0 Å². The molecule has 2 atom stereocenters. The Bertz CT molecular complexity index is 416. The van der Waals surface area contributed by atoms with Gasteiger partial charge < -0.3 is 10.1 Å². The van der Waals surface area contributed by atoms with E-state index in [0.717, 1.165) is 5.75 Å². The summed E-state index contributed by atoms with van der Waals surface area (Å²) in [7, 11) is 1.75. The molecule has 0 amide bonds. The van der Waals surface area contributed by atoms with Crippen molar-refractivity contribution < 1.29 is 4.74 Å². The number of unbranched alkanes of at least 4 members (excludes halogenated alkanes) is 3. The maximum Gasteiger partial charge on any atom is 0.119 e. The average molecular weight is 275 g/mol. The first kappa shape index (κ1) is 15.4. The molecule has 2 rings (SSSR count). The van der Waals surface area contributed by atoms with Gasteiger partial charge in [-0.2, -0.15) is 0 Å². The lowest BCUT2D eigenvalue weighted by Gasteiger charge is -2.20. The molecule has 0 radical (unpaired) electrons. The Morgan fingerprint density at radius 1 is 1.30 bits per heavy atom. The quantitative estimate of drug-likeness (QED) is 0.698. The maximum atomic E-state index is 5.36. The largest absolute Gasteiger partial charge is 0.497 e. The Hall–Kier alpha value is -1.02. The highest BCUT2D eigenvalue weighted by atomic mass is 16.5. The molecule has 1 aliphatic carbocycles. The van der Waals surface area contributed by atoms with Gasteiger partial charge in [-0.05, 0) is 49.4 Å². The molecule has 2 unspecified atom stereocenters. The van der Waals surface area contributed by atoms with Crippen LogP contribution in [0, 0.1) is 0 Å². The predicted molar refractivity (Wildman–Crippen MR) is 85.4 cm³/mol. The van der Waals surface area contributed by atoms with Gasteiger partial charge >= 0.3 is 0 Å². The van der Waals surface area contributed by atoms with Gasteiger partial charge in [0, 0.05) is 12.1 Å². The van der Waals surface area contributed by atoms with Crippen molar-refractivity contribution in [1.82, 2.24) is 5.32 Å². The molecule has 1 N–H and O–H groups in total. The summed E-state index contributed by atoms with van der Waals surface area (Å²) < 4.78 is 5.36. The molecule has 2 heteroatoms. The lowest BCUT2D eigenvalue weighted by Crippen LogP contribution is -2.29. The van der Waals surface area contributed by atoms with Crippen LogP contribution in [0.15, 0.2) is 18.2 Å². The molecule has 0 fully saturated rings. The number of nitrogens with one attached hydrogen (secondary N) is 1. The lowest BCUT2D eigenvalue weighted by molar-refractivity contribution is 0.407. The normalized spacial score (nSPS) is 18.9. The van der Waals surface area contributed by atoms with Crippen LogP contribution < -0.4 is 10.1 Å². The molecular weight excluding hydrogens is 246 g/mol. The first-order chi connectivity index (χ1) is 9.74. The second-order valence-electron chi connectivity index (χ2n) is 6.07. The molecule has 0 saturated heterocycles. The van der Waals surface area contributed by atoms with Crippen molar-refractivity contribution in [3.8, 4) is 5.75 Å². The van der Waals surface area contributed by atoms with Crippen LogP contribution in [0.5, 0.6) is 5.75 Å². The van der Waals surface area contributed by atoms with E-state index in [1.165, 1.54) is 56.1 Å². The lowest BCUT2D eigenvalue weighted by atomic mass is 10.0. The van der Waals surface area contributed by atoms with Crippen molar-refractivity contribution in [1.29, 1.82) is 0 Å². The van der Waals surface area contributed by atoms with Crippen molar-refractivity contribution in [2.24, 2.45) is 0 Å². The molecule has 112 valence electrons. The van der Waals surface area contributed by atoms with Crippen LogP contribution in [-0.4, -0.2) is 13.2 Å². The van der Waals surface area contributed by atoms with Crippen LogP contribution >= 0.6 is 0 Å². The molecule has 1 aromatic rings. The molecule has 0 aromatic heterocycles. The molecular formula is C18H29NO. The summed E-state index contributed by atoms with van der Waals surface area (Å²) >= 11 is 0. The van der Waals surface area contributed by atoms with Gasteiger partial charge in [0.2, 0.25) is 0 Å². The van der Waals surface area contributed by atoms with Crippen LogP contribution in [0.3, 0.4) is 0 Å². The fraction of sp³-hybridized carbons (Fsp3) is 0.667. The van der Waals surface area contributed by atoms with Crippen LogP contribution in [-0.2, 0) is 6.42 Å². The Morgan fingerprint density at radius 2 is 2.15 bits per heavy atom. The molecule has 20 heavy (non-hydrogen) atoms. The minimum Gasteiger partial charge on any atom is -0.497 e. The standard InChI is InChI=1S/C18H29NO/c1-4-5-6-7-8-14(2)19-18-12-10-15-9-11-16(20-3)13-17(15)18/h9,11,13-14,18-19H,4-8,10,12H2,1-3H3. The van der Waals surface area contributed by atoms with Crippen molar-refractivity contribution in [2.45, 2.75) is 70.9 Å². The summed E-state index contributed by atoms with van der Waals surface area (Å²) in [6.45, 7) is 4.59. The third kappa shape index (κ3) is 3.99. The fourth-order valence-corrected chi connectivity index (χ4v) is 3.18. The maximum absolute atomic E-state index is 5.36. The Labute approximate surface area is 123 Å². The Balaban J connectivity index is 1.86. The van der Waals surface area contributed by atoms with Gasteiger partial charge in [0.25, 0.3) is 0 Å². The van der Waals surface area contributed by atoms with Crippen molar-refractivity contribution in [2.75, 3.05) is 7.11 Å². The van der Waals surface area contributed by atoms with E-state index >= 15 is 0 Å². The van der Waals surface area contributed by atoms with Gasteiger partial charge in [-0.15, -0.1) is 0 Å². The number of fused-ring (bicyclic) bond motifs is 1. The first-order valence-electron chi connectivity index (χ1n) is 8.17. The zero-order valence-electron chi connectivity index (χ0n) is 13.2. The number of methoxy groups -OCH3 is 1. The van der Waals surface area contributed by atoms with E-state index in [-0.39, 0.29) is 0 Å². The first-order valence-corrected chi connectivity index (χ1v) is 8.17. The van der Waals surface area contributed by atoms with Gasteiger partial charge in [-0.1, -0.05) is 38.7 Å². The minimum atomic E-state index is 0.515. The molecule has 1 aromatic carbocycles.